The topological polar surface area (TPSA) is 29.3 Å². The van der Waals surface area contributed by atoms with Gasteiger partial charge in [0.15, 0.2) is 0 Å². The van der Waals surface area contributed by atoms with E-state index in [1.165, 1.54) is 44.5 Å². The number of rotatable bonds is 5. The zero-order valence-corrected chi connectivity index (χ0v) is 10.9. The van der Waals surface area contributed by atoms with Gasteiger partial charge in [0.25, 0.3) is 0 Å². The number of aryl methyl sites for hydroxylation is 1. The molecule has 1 unspecified atom stereocenters. The lowest BCUT2D eigenvalue weighted by Crippen LogP contribution is -2.31. The van der Waals surface area contributed by atoms with Crippen molar-refractivity contribution < 1.29 is 0 Å². The lowest BCUT2D eigenvalue weighted by molar-refractivity contribution is 0.278. The summed E-state index contributed by atoms with van der Waals surface area (Å²) < 4.78 is 0. The molecule has 94 valence electrons. The minimum absolute atomic E-state index is 0.368. The van der Waals surface area contributed by atoms with E-state index in [4.69, 9.17) is 5.73 Å². The van der Waals surface area contributed by atoms with Gasteiger partial charge in [0.05, 0.1) is 0 Å². The Bertz CT molecular complexity index is 336. The summed E-state index contributed by atoms with van der Waals surface area (Å²) in [6, 6.07) is 10.8. The van der Waals surface area contributed by atoms with E-state index >= 15 is 0 Å². The van der Waals surface area contributed by atoms with E-state index in [9.17, 15) is 0 Å². The van der Waals surface area contributed by atoms with Crippen LogP contribution in [0.15, 0.2) is 30.3 Å². The summed E-state index contributed by atoms with van der Waals surface area (Å²) in [5.74, 6) is 0. The van der Waals surface area contributed by atoms with Crippen molar-refractivity contribution in [1.82, 2.24) is 4.90 Å². The maximum absolute atomic E-state index is 5.82. The molecule has 2 heteroatoms. The van der Waals surface area contributed by atoms with Crippen LogP contribution in [0.4, 0.5) is 0 Å². The first-order valence-electron chi connectivity index (χ1n) is 6.68. The summed E-state index contributed by atoms with van der Waals surface area (Å²) in [7, 11) is 0. The highest BCUT2D eigenvalue weighted by Gasteiger charge is 2.31. The van der Waals surface area contributed by atoms with Gasteiger partial charge in [-0.25, -0.2) is 0 Å². The lowest BCUT2D eigenvalue weighted by atomic mass is 9.90. The number of hydrogen-bond donors (Lipinski definition) is 1. The molecule has 1 aromatic rings. The Balaban J connectivity index is 1.70. The van der Waals surface area contributed by atoms with Gasteiger partial charge in [0.1, 0.15) is 0 Å². The van der Waals surface area contributed by atoms with Crippen molar-refractivity contribution in [3.05, 3.63) is 35.9 Å². The highest BCUT2D eigenvalue weighted by Crippen LogP contribution is 2.28. The van der Waals surface area contributed by atoms with E-state index < -0.39 is 0 Å². The Kier molecular flexibility index (Phi) is 4.19. The molecule has 1 heterocycles. The molecule has 0 aliphatic carbocycles. The van der Waals surface area contributed by atoms with Crippen LogP contribution in [0.1, 0.15) is 25.3 Å². The van der Waals surface area contributed by atoms with E-state index in [1.54, 1.807) is 0 Å². The molecule has 1 aliphatic heterocycles. The standard InChI is InChI=1S/C15H24N2/c1-15(12-16)9-11-17(13-15)10-5-8-14-6-3-2-4-7-14/h2-4,6-7H,5,8-13,16H2,1H3. The quantitative estimate of drug-likeness (QED) is 0.844. The predicted octanol–water partition coefficient (Wildman–Crippen LogP) is 2.29. The molecule has 0 saturated carbocycles. The highest BCUT2D eigenvalue weighted by molar-refractivity contribution is 5.14. The van der Waals surface area contributed by atoms with Gasteiger partial charge < -0.3 is 10.6 Å². The minimum atomic E-state index is 0.368. The molecule has 0 amide bonds. The first-order valence-corrected chi connectivity index (χ1v) is 6.68. The van der Waals surface area contributed by atoms with Gasteiger partial charge in [0, 0.05) is 6.54 Å². The summed E-state index contributed by atoms with van der Waals surface area (Å²) in [6.07, 6.45) is 3.70. The number of benzene rings is 1. The van der Waals surface area contributed by atoms with Crippen LogP contribution in [-0.4, -0.2) is 31.1 Å². The summed E-state index contributed by atoms with van der Waals surface area (Å²) in [5.41, 5.74) is 7.64. The molecule has 17 heavy (non-hydrogen) atoms. The van der Waals surface area contributed by atoms with Crippen LogP contribution in [0.3, 0.4) is 0 Å². The largest absolute Gasteiger partial charge is 0.330 e. The average molecular weight is 232 g/mol. The average Bonchev–Trinajstić information content (AvgIpc) is 2.74. The van der Waals surface area contributed by atoms with Crippen LogP contribution in [0.25, 0.3) is 0 Å². The smallest absolute Gasteiger partial charge is 0.00479 e. The molecule has 0 radical (unpaired) electrons. The zero-order valence-electron chi connectivity index (χ0n) is 10.9. The van der Waals surface area contributed by atoms with Crippen LogP contribution in [0.2, 0.25) is 0 Å². The minimum Gasteiger partial charge on any atom is -0.330 e. The number of nitrogens with zero attached hydrogens (tertiary/aromatic N) is 1. The fraction of sp³-hybridized carbons (Fsp3) is 0.600. The summed E-state index contributed by atoms with van der Waals surface area (Å²) >= 11 is 0. The Morgan fingerprint density at radius 1 is 1.29 bits per heavy atom. The molecule has 1 fully saturated rings. The Hall–Kier alpha value is -0.860. The Morgan fingerprint density at radius 3 is 2.71 bits per heavy atom. The van der Waals surface area contributed by atoms with Crippen LogP contribution < -0.4 is 5.73 Å². The Labute approximate surface area is 105 Å². The molecule has 1 saturated heterocycles. The molecule has 0 aromatic heterocycles. The monoisotopic (exact) mass is 232 g/mol. The maximum atomic E-state index is 5.82. The third-order valence-corrected chi connectivity index (χ3v) is 3.91. The first-order chi connectivity index (χ1) is 8.22. The summed E-state index contributed by atoms with van der Waals surface area (Å²) in [5, 5.41) is 0. The van der Waals surface area contributed by atoms with Gasteiger partial charge >= 0.3 is 0 Å². The van der Waals surface area contributed by atoms with Crippen LogP contribution in [0, 0.1) is 5.41 Å². The molecular formula is C15H24N2. The van der Waals surface area contributed by atoms with Crippen molar-refractivity contribution in [2.75, 3.05) is 26.2 Å². The number of nitrogens with two attached hydrogens (primary N) is 1. The molecule has 2 N–H and O–H groups in total. The third kappa shape index (κ3) is 3.55. The fourth-order valence-electron chi connectivity index (χ4n) is 2.63. The van der Waals surface area contributed by atoms with Crippen LogP contribution in [-0.2, 0) is 6.42 Å². The molecule has 0 bridgehead atoms. The molecule has 1 atom stereocenters. The predicted molar refractivity (Wildman–Crippen MR) is 73.0 cm³/mol. The van der Waals surface area contributed by atoms with Crippen molar-refractivity contribution in [2.45, 2.75) is 26.2 Å². The number of likely N-dealkylation sites (tertiary alicyclic amines) is 1. The molecule has 1 aliphatic rings. The second-order valence-corrected chi connectivity index (χ2v) is 5.63. The van der Waals surface area contributed by atoms with Gasteiger partial charge in [0.2, 0.25) is 0 Å². The van der Waals surface area contributed by atoms with Crippen molar-refractivity contribution in [3.63, 3.8) is 0 Å². The van der Waals surface area contributed by atoms with E-state index in [-0.39, 0.29) is 0 Å². The molecular weight excluding hydrogens is 208 g/mol. The Morgan fingerprint density at radius 2 is 2.06 bits per heavy atom. The van der Waals surface area contributed by atoms with E-state index in [0.29, 0.717) is 5.41 Å². The van der Waals surface area contributed by atoms with Crippen LogP contribution >= 0.6 is 0 Å². The zero-order chi connectivity index (χ0) is 12.1. The van der Waals surface area contributed by atoms with E-state index in [2.05, 4.69) is 42.2 Å². The fourth-order valence-corrected chi connectivity index (χ4v) is 2.63. The first kappa shape index (κ1) is 12.6. The van der Waals surface area contributed by atoms with Gasteiger partial charge in [-0.15, -0.1) is 0 Å². The van der Waals surface area contributed by atoms with Gasteiger partial charge in [-0.2, -0.15) is 0 Å². The van der Waals surface area contributed by atoms with Crippen molar-refractivity contribution in [3.8, 4) is 0 Å². The van der Waals surface area contributed by atoms with Gasteiger partial charge in [-0.1, -0.05) is 37.3 Å². The second kappa shape index (κ2) is 5.65. The van der Waals surface area contributed by atoms with Crippen LogP contribution in [0.5, 0.6) is 0 Å². The van der Waals surface area contributed by atoms with E-state index in [1.807, 2.05) is 0 Å². The molecule has 0 spiro atoms. The summed E-state index contributed by atoms with van der Waals surface area (Å²) in [4.78, 5) is 2.57. The highest BCUT2D eigenvalue weighted by atomic mass is 15.2. The lowest BCUT2D eigenvalue weighted by Gasteiger charge is -2.22. The molecule has 2 nitrogen and oxygen atoms in total. The van der Waals surface area contributed by atoms with Gasteiger partial charge in [-0.05, 0) is 49.9 Å². The number of hydrogen-bond acceptors (Lipinski definition) is 2. The normalized spacial score (nSPS) is 25.3. The van der Waals surface area contributed by atoms with E-state index in [0.717, 1.165) is 6.54 Å². The summed E-state index contributed by atoms with van der Waals surface area (Å²) in [6.45, 7) is 6.75. The van der Waals surface area contributed by atoms with Crippen molar-refractivity contribution in [2.24, 2.45) is 11.1 Å². The third-order valence-electron chi connectivity index (χ3n) is 3.91. The molecule has 1 aromatic carbocycles. The van der Waals surface area contributed by atoms with Gasteiger partial charge in [-0.3, -0.25) is 0 Å². The van der Waals surface area contributed by atoms with Crippen molar-refractivity contribution in [1.29, 1.82) is 0 Å². The van der Waals surface area contributed by atoms with Crippen molar-refractivity contribution >= 4 is 0 Å². The SMILES string of the molecule is CC1(CN)CCN(CCCc2ccccc2)C1. The maximum Gasteiger partial charge on any atom is 0.00479 e. The molecule has 2 rings (SSSR count). The second-order valence-electron chi connectivity index (χ2n) is 5.63.